The fourth-order valence-corrected chi connectivity index (χ4v) is 1.03. The number of hydrogen-bond acceptors (Lipinski definition) is 1. The summed E-state index contributed by atoms with van der Waals surface area (Å²) in [6.07, 6.45) is -0.0340. The molecule has 0 radical (unpaired) electrons. The third-order valence-corrected chi connectivity index (χ3v) is 1.73. The molecule has 1 amide bonds. The van der Waals surface area contributed by atoms with Gasteiger partial charge in [-0.2, -0.15) is 0 Å². The molecule has 4 heteroatoms. The maximum absolute atomic E-state index is 12.6. The van der Waals surface area contributed by atoms with Crippen LogP contribution >= 0.6 is 11.6 Å². The van der Waals surface area contributed by atoms with Gasteiger partial charge in [0.15, 0.2) is 0 Å². The van der Waals surface area contributed by atoms with Crippen LogP contribution in [0.2, 0.25) is 5.02 Å². The first-order valence-corrected chi connectivity index (χ1v) is 4.19. The molecule has 2 nitrogen and oxygen atoms in total. The number of halogens is 2. The Hall–Kier alpha value is -1.53. The molecule has 1 aromatic rings. The minimum absolute atomic E-state index is 0.0340. The largest absolute Gasteiger partial charge is 0.369 e. The van der Waals surface area contributed by atoms with E-state index >= 15 is 0 Å². The van der Waals surface area contributed by atoms with Crippen LogP contribution in [0.1, 0.15) is 12.0 Å². The molecule has 0 aromatic heterocycles. The lowest BCUT2D eigenvalue weighted by molar-refractivity contribution is -0.117. The molecule has 14 heavy (non-hydrogen) atoms. The Balaban J connectivity index is 2.85. The van der Waals surface area contributed by atoms with Crippen molar-refractivity contribution >= 4 is 17.5 Å². The lowest BCUT2D eigenvalue weighted by Crippen LogP contribution is -2.08. The first-order chi connectivity index (χ1) is 6.59. The molecule has 0 saturated carbocycles. The van der Waals surface area contributed by atoms with E-state index in [4.69, 9.17) is 17.3 Å². The number of primary amides is 1. The predicted octanol–water partition coefficient (Wildman–Crippen LogP) is 1.71. The molecule has 0 unspecified atom stereocenters. The van der Waals surface area contributed by atoms with E-state index in [0.29, 0.717) is 5.56 Å². The average molecular weight is 212 g/mol. The molecule has 0 aliphatic heterocycles. The van der Waals surface area contributed by atoms with Crippen molar-refractivity contribution < 1.29 is 9.18 Å². The highest BCUT2D eigenvalue weighted by atomic mass is 35.5. The number of carbonyl (C=O) groups is 1. The molecule has 1 aromatic carbocycles. The number of carbonyl (C=O) groups excluding carboxylic acids is 1. The maximum atomic E-state index is 12.6. The Bertz CT molecular complexity index is 420. The minimum atomic E-state index is -0.504. The van der Waals surface area contributed by atoms with Gasteiger partial charge in [0, 0.05) is 5.56 Å². The van der Waals surface area contributed by atoms with Crippen LogP contribution in [0, 0.1) is 17.7 Å². The van der Waals surface area contributed by atoms with Crippen LogP contribution < -0.4 is 5.73 Å². The molecule has 1 rings (SSSR count). The van der Waals surface area contributed by atoms with E-state index in [2.05, 4.69) is 11.8 Å². The normalized spacial score (nSPS) is 9.00. The van der Waals surface area contributed by atoms with Gasteiger partial charge < -0.3 is 5.73 Å². The standard InChI is InChI=1S/C10H7ClFNO/c11-9-6-8(12)5-4-7(9)2-1-3-10(13)14/h4-6H,3H2,(H2,13,14). The number of amides is 1. The third-order valence-electron chi connectivity index (χ3n) is 1.42. The van der Waals surface area contributed by atoms with E-state index in [1.807, 2.05) is 0 Å². The summed E-state index contributed by atoms with van der Waals surface area (Å²) < 4.78 is 12.6. The van der Waals surface area contributed by atoms with Crippen molar-refractivity contribution in [2.45, 2.75) is 6.42 Å². The monoisotopic (exact) mass is 211 g/mol. The fourth-order valence-electron chi connectivity index (χ4n) is 0.817. The maximum Gasteiger partial charge on any atom is 0.229 e. The zero-order valence-electron chi connectivity index (χ0n) is 7.18. The fraction of sp³-hybridized carbons (Fsp3) is 0.100. The quantitative estimate of drug-likeness (QED) is 0.706. The van der Waals surface area contributed by atoms with E-state index in [-0.39, 0.29) is 11.4 Å². The highest BCUT2D eigenvalue weighted by Gasteiger charge is 1.98. The molecule has 2 N–H and O–H groups in total. The van der Waals surface area contributed by atoms with Gasteiger partial charge in [0.1, 0.15) is 5.82 Å². The number of rotatable bonds is 1. The Morgan fingerprint density at radius 2 is 2.29 bits per heavy atom. The summed E-state index contributed by atoms with van der Waals surface area (Å²) in [5.41, 5.74) is 5.37. The van der Waals surface area contributed by atoms with Gasteiger partial charge in [-0.05, 0) is 18.2 Å². The molecular formula is C10H7ClFNO. The highest BCUT2D eigenvalue weighted by Crippen LogP contribution is 2.15. The van der Waals surface area contributed by atoms with E-state index in [1.165, 1.54) is 12.1 Å². The predicted molar refractivity (Wildman–Crippen MR) is 52.1 cm³/mol. The van der Waals surface area contributed by atoms with E-state index in [1.54, 1.807) is 0 Å². The Morgan fingerprint density at radius 1 is 1.57 bits per heavy atom. The second kappa shape index (κ2) is 4.64. The summed E-state index contributed by atoms with van der Waals surface area (Å²) in [7, 11) is 0. The zero-order valence-corrected chi connectivity index (χ0v) is 7.94. The van der Waals surface area contributed by atoms with Crippen LogP contribution in [0.25, 0.3) is 0 Å². The van der Waals surface area contributed by atoms with Crippen molar-refractivity contribution in [1.82, 2.24) is 0 Å². The summed E-state index contributed by atoms with van der Waals surface area (Å²) in [6.45, 7) is 0. The van der Waals surface area contributed by atoms with Gasteiger partial charge in [-0.3, -0.25) is 4.79 Å². The van der Waals surface area contributed by atoms with Crippen molar-refractivity contribution in [3.8, 4) is 11.8 Å². The van der Waals surface area contributed by atoms with Crippen molar-refractivity contribution in [3.05, 3.63) is 34.6 Å². The van der Waals surface area contributed by atoms with Crippen molar-refractivity contribution in [2.75, 3.05) is 0 Å². The minimum Gasteiger partial charge on any atom is -0.369 e. The first kappa shape index (κ1) is 10.6. The Kier molecular flexibility index (Phi) is 3.49. The summed E-state index contributed by atoms with van der Waals surface area (Å²) in [5.74, 6) is 4.23. The summed E-state index contributed by atoms with van der Waals surface area (Å²) in [5, 5.41) is 0.224. The molecule has 0 aliphatic rings. The van der Waals surface area contributed by atoms with E-state index < -0.39 is 11.7 Å². The van der Waals surface area contributed by atoms with Gasteiger partial charge in [0.2, 0.25) is 5.91 Å². The third kappa shape index (κ3) is 3.08. The summed E-state index contributed by atoms with van der Waals surface area (Å²) in [4.78, 5) is 10.4. The molecule has 0 atom stereocenters. The number of nitrogens with two attached hydrogens (primary N) is 1. The van der Waals surface area contributed by atoms with Gasteiger partial charge >= 0.3 is 0 Å². The van der Waals surface area contributed by atoms with Crippen LogP contribution in [0.5, 0.6) is 0 Å². The summed E-state index contributed by atoms with van der Waals surface area (Å²) in [6, 6.07) is 3.86. The lowest BCUT2D eigenvalue weighted by Gasteiger charge is -1.94. The van der Waals surface area contributed by atoms with Crippen molar-refractivity contribution in [2.24, 2.45) is 5.73 Å². The van der Waals surface area contributed by atoms with Crippen LogP contribution in [0.15, 0.2) is 18.2 Å². The topological polar surface area (TPSA) is 43.1 Å². The van der Waals surface area contributed by atoms with Crippen LogP contribution in [-0.4, -0.2) is 5.91 Å². The summed E-state index contributed by atoms with van der Waals surface area (Å²) >= 11 is 5.69. The SMILES string of the molecule is NC(=O)CC#Cc1ccc(F)cc1Cl. The highest BCUT2D eigenvalue weighted by molar-refractivity contribution is 6.31. The molecule has 0 aliphatic carbocycles. The molecule has 0 heterocycles. The lowest BCUT2D eigenvalue weighted by atomic mass is 10.2. The second-order valence-electron chi connectivity index (χ2n) is 2.57. The second-order valence-corrected chi connectivity index (χ2v) is 2.98. The van der Waals surface area contributed by atoms with Gasteiger partial charge in [-0.15, -0.1) is 0 Å². The Morgan fingerprint density at radius 3 is 2.86 bits per heavy atom. The van der Waals surface area contributed by atoms with Gasteiger partial charge in [0.25, 0.3) is 0 Å². The molecule has 0 fully saturated rings. The first-order valence-electron chi connectivity index (χ1n) is 3.82. The average Bonchev–Trinajstić information content (AvgIpc) is 2.08. The molecule has 72 valence electrons. The van der Waals surface area contributed by atoms with Gasteiger partial charge in [-0.25, -0.2) is 4.39 Å². The Labute approximate surface area is 85.9 Å². The molecule has 0 saturated heterocycles. The van der Waals surface area contributed by atoms with Crippen LogP contribution in [-0.2, 0) is 4.79 Å². The van der Waals surface area contributed by atoms with Crippen LogP contribution in [0.3, 0.4) is 0 Å². The van der Waals surface area contributed by atoms with Gasteiger partial charge in [0.05, 0.1) is 11.4 Å². The zero-order chi connectivity index (χ0) is 10.6. The number of benzene rings is 1. The van der Waals surface area contributed by atoms with Gasteiger partial charge in [-0.1, -0.05) is 23.4 Å². The van der Waals surface area contributed by atoms with Crippen LogP contribution in [0.4, 0.5) is 4.39 Å². The van der Waals surface area contributed by atoms with Crippen molar-refractivity contribution in [1.29, 1.82) is 0 Å². The van der Waals surface area contributed by atoms with E-state index in [9.17, 15) is 9.18 Å². The van der Waals surface area contributed by atoms with Crippen molar-refractivity contribution in [3.63, 3.8) is 0 Å². The number of hydrogen-bond donors (Lipinski definition) is 1. The molecular weight excluding hydrogens is 205 g/mol. The van der Waals surface area contributed by atoms with E-state index in [0.717, 1.165) is 6.07 Å². The smallest absolute Gasteiger partial charge is 0.229 e. The molecule has 0 bridgehead atoms. The molecule has 0 spiro atoms.